The Balaban J connectivity index is -0.0000000150. The van der Waals surface area contributed by atoms with E-state index in [1.54, 1.807) is 0 Å². The maximum atomic E-state index is 8.42. The van der Waals surface area contributed by atoms with Crippen molar-refractivity contribution in [2.75, 3.05) is 0 Å². The third-order valence-electron chi connectivity index (χ3n) is 0. The first-order valence-corrected chi connectivity index (χ1v) is 0.707. The molecule has 0 aliphatic rings. The predicted molar refractivity (Wildman–Crippen MR) is 12.2 cm³/mol. The van der Waals surface area contributed by atoms with Crippen LogP contribution < -0.4 is 15.1 Å². The zero-order valence-electron chi connectivity index (χ0n) is 3.19. The van der Waals surface area contributed by atoms with E-state index in [4.69, 9.17) is 15.1 Å². The molecular weight excluding hydrogens is 284 g/mol. The minimum Gasteiger partial charge on any atom is -2.00 e. The third kappa shape index (κ3) is 59.8. The zero-order valence-corrected chi connectivity index (χ0v) is 7.18. The van der Waals surface area contributed by atoms with E-state index in [1.165, 1.54) is 0 Å². The minimum absolute atomic E-state index is 0. The SMILES string of the molecule is [Ca+2].[O-2].[O-]B([O-])[O-].[Tm+3]. The Labute approximate surface area is 101 Å². The minimum atomic E-state index is -2.92. The van der Waals surface area contributed by atoms with Crippen LogP contribution in [0.5, 0.6) is 0 Å². The second-order valence-corrected chi connectivity index (χ2v) is 0.289. The summed E-state index contributed by atoms with van der Waals surface area (Å²) < 4.78 is 0. The zero-order chi connectivity index (χ0) is 3.58. The molecule has 0 aromatic heterocycles. The van der Waals surface area contributed by atoms with Crippen LogP contribution in [0.2, 0.25) is 0 Å². The summed E-state index contributed by atoms with van der Waals surface area (Å²) in [6, 6.07) is 0. The van der Waals surface area contributed by atoms with Gasteiger partial charge in [-0.2, -0.15) is 0 Å². The van der Waals surface area contributed by atoms with Crippen LogP contribution in [-0.4, -0.2) is 45.1 Å². The van der Waals surface area contributed by atoms with E-state index in [9.17, 15) is 0 Å². The van der Waals surface area contributed by atoms with Crippen LogP contribution in [-0.2, 0) is 5.48 Å². The Hall–Kier alpha value is 2.40. The number of rotatable bonds is 0. The van der Waals surface area contributed by atoms with Crippen LogP contribution in [0.15, 0.2) is 0 Å². The molecule has 0 spiro atoms. The summed E-state index contributed by atoms with van der Waals surface area (Å²) in [5.41, 5.74) is 0. The summed E-state index contributed by atoms with van der Waals surface area (Å²) in [7, 11) is -2.92. The quantitative estimate of drug-likeness (QED) is 0.420. The second-order valence-electron chi connectivity index (χ2n) is 0.289. The van der Waals surface area contributed by atoms with E-state index in [2.05, 4.69) is 0 Å². The summed E-state index contributed by atoms with van der Waals surface area (Å²) in [5.74, 6) is 0. The number of hydrogen-bond acceptors (Lipinski definition) is 3. The van der Waals surface area contributed by atoms with Crippen LogP contribution in [0.4, 0.5) is 0 Å². The molecule has 0 unspecified atom stereocenters. The van der Waals surface area contributed by atoms with Gasteiger partial charge in [0.25, 0.3) is 0 Å². The van der Waals surface area contributed by atoms with Crippen molar-refractivity contribution in [1.29, 1.82) is 0 Å². The molecule has 0 aromatic rings. The average Bonchev–Trinajstić information content (AvgIpc) is 0.811. The van der Waals surface area contributed by atoms with Crippen molar-refractivity contribution in [3.63, 3.8) is 0 Å². The average molecular weight is 284 g/mol. The van der Waals surface area contributed by atoms with Gasteiger partial charge in [-0.05, 0) is 0 Å². The van der Waals surface area contributed by atoms with E-state index in [0.717, 1.165) is 0 Å². The summed E-state index contributed by atoms with van der Waals surface area (Å²) in [5, 5.41) is 25.2. The molecule has 0 rings (SSSR count). The Morgan fingerprint density at radius 2 is 1.00 bits per heavy atom. The Bertz CT molecular complexity index is 16.4. The van der Waals surface area contributed by atoms with Gasteiger partial charge >= 0.3 is 74.6 Å². The molecule has 0 heterocycles. The van der Waals surface area contributed by atoms with Gasteiger partial charge < -0.3 is 20.5 Å². The van der Waals surface area contributed by atoms with Crippen molar-refractivity contribution < 1.29 is 57.4 Å². The normalized spacial score (nSPS) is 3.86. The van der Waals surface area contributed by atoms with Gasteiger partial charge in [0.05, 0.1) is 0 Å². The molecule has 0 N–H and O–H groups in total. The van der Waals surface area contributed by atoms with Gasteiger partial charge in [0.1, 0.15) is 0 Å². The standard InChI is InChI=1S/BO3.Ca.O.Tm/c2-1(3)4;;;/q-3;+2;-2;+3. The summed E-state index contributed by atoms with van der Waals surface area (Å²) in [6.07, 6.45) is 0. The summed E-state index contributed by atoms with van der Waals surface area (Å²) in [4.78, 5) is 0. The maximum absolute atomic E-state index is 8.42. The molecule has 0 aromatic carbocycles. The van der Waals surface area contributed by atoms with Crippen LogP contribution in [0.3, 0.4) is 0 Å². The predicted octanol–water partition coefficient (Wildman–Crippen LogP) is -4.45. The Kier molecular flexibility index (Phi) is 51.3. The Morgan fingerprint density at radius 1 is 1.00 bits per heavy atom. The van der Waals surface area contributed by atoms with E-state index >= 15 is 0 Å². The molecule has 0 saturated carbocycles. The van der Waals surface area contributed by atoms with Gasteiger partial charge in [-0.25, -0.2) is 0 Å². The molecule has 42 valence electrons. The fourth-order valence-corrected chi connectivity index (χ4v) is 0. The van der Waals surface area contributed by atoms with Gasteiger partial charge in [-0.1, -0.05) is 0 Å². The molecule has 0 radical (unpaired) electrons. The first-order chi connectivity index (χ1) is 1.73. The smallest absolute Gasteiger partial charge is 2.00 e. The van der Waals surface area contributed by atoms with E-state index in [-0.39, 0.29) is 80.1 Å². The molecule has 0 bridgehead atoms. The van der Waals surface area contributed by atoms with Crippen LogP contribution >= 0.6 is 0 Å². The molecule has 0 saturated heterocycles. The van der Waals surface area contributed by atoms with Crippen LogP contribution in [0.1, 0.15) is 0 Å². The fourth-order valence-electron chi connectivity index (χ4n) is 0. The number of hydrogen-bond donors (Lipinski definition) is 0. The maximum Gasteiger partial charge on any atom is 3.00 e. The molecule has 4 nitrogen and oxygen atoms in total. The van der Waals surface area contributed by atoms with Crippen molar-refractivity contribution in [2.24, 2.45) is 0 Å². The molecule has 0 aliphatic carbocycles. The third-order valence-corrected chi connectivity index (χ3v) is 0. The van der Waals surface area contributed by atoms with Crippen molar-refractivity contribution in [3.8, 4) is 0 Å². The van der Waals surface area contributed by atoms with E-state index < -0.39 is 7.32 Å². The van der Waals surface area contributed by atoms with Crippen LogP contribution in [0.25, 0.3) is 0 Å². The van der Waals surface area contributed by atoms with Gasteiger partial charge in [0.15, 0.2) is 0 Å². The molecule has 7 heavy (non-hydrogen) atoms. The van der Waals surface area contributed by atoms with Gasteiger partial charge in [-0.15, -0.1) is 0 Å². The fraction of sp³-hybridized carbons (Fsp3) is 0. The largest absolute Gasteiger partial charge is 3.00 e. The monoisotopic (exact) mass is 284 g/mol. The molecule has 0 aliphatic heterocycles. The van der Waals surface area contributed by atoms with Gasteiger partial charge in [0.2, 0.25) is 0 Å². The van der Waals surface area contributed by atoms with Crippen LogP contribution in [0, 0.1) is 36.9 Å². The Morgan fingerprint density at radius 3 is 1.00 bits per heavy atom. The molecule has 0 fully saturated rings. The van der Waals surface area contributed by atoms with E-state index in [1.807, 2.05) is 0 Å². The molecule has 0 atom stereocenters. The van der Waals surface area contributed by atoms with Crippen molar-refractivity contribution in [2.45, 2.75) is 0 Å². The molecule has 7 heteroatoms. The molecular formula is BCaO4Tm. The van der Waals surface area contributed by atoms with Crippen molar-refractivity contribution in [1.82, 2.24) is 0 Å². The summed E-state index contributed by atoms with van der Waals surface area (Å²) in [6.45, 7) is 0. The van der Waals surface area contributed by atoms with Crippen molar-refractivity contribution >= 4 is 45.1 Å². The first kappa shape index (κ1) is 22.7. The second kappa shape index (κ2) is 15.8. The van der Waals surface area contributed by atoms with Gasteiger partial charge in [-0.3, -0.25) is 7.32 Å². The topological polar surface area (TPSA) is 97.7 Å². The van der Waals surface area contributed by atoms with Crippen molar-refractivity contribution in [3.05, 3.63) is 0 Å². The van der Waals surface area contributed by atoms with Gasteiger partial charge in [0, 0.05) is 0 Å². The molecule has 0 amide bonds. The summed E-state index contributed by atoms with van der Waals surface area (Å²) >= 11 is 0. The van der Waals surface area contributed by atoms with E-state index in [0.29, 0.717) is 0 Å². The first-order valence-electron chi connectivity index (χ1n) is 0.707.